The SMILES string of the molecule is c1ccc(-n2c3ccccc3c3c4c(-c5cccc(N(c6ccc7c(c6)oc6c8ccccc8ccc76)c6ccc7c(c6)oc6c8ccccc8ccc76)c5)cccc4oc32)cc1. The third-order valence-corrected chi connectivity index (χ3v) is 13.0. The Hall–Kier alpha value is -8.54. The zero-order valence-electron chi connectivity index (χ0n) is 33.7. The van der Waals surface area contributed by atoms with Crippen molar-refractivity contribution in [2.24, 2.45) is 0 Å². The van der Waals surface area contributed by atoms with Crippen LogP contribution in [0.1, 0.15) is 0 Å². The first kappa shape index (κ1) is 34.2. The maximum Gasteiger partial charge on any atom is 0.213 e. The van der Waals surface area contributed by atoms with Gasteiger partial charge < -0.3 is 18.2 Å². The highest BCUT2D eigenvalue weighted by atomic mass is 16.3. The van der Waals surface area contributed by atoms with Gasteiger partial charge in [-0.15, -0.1) is 0 Å². The van der Waals surface area contributed by atoms with Crippen molar-refractivity contribution in [3.05, 3.63) is 206 Å². The number of benzene rings is 10. The fourth-order valence-corrected chi connectivity index (χ4v) is 10.1. The first-order valence-corrected chi connectivity index (χ1v) is 21.3. The quantitative estimate of drug-likeness (QED) is 0.174. The number of fused-ring (bicyclic) bond motifs is 15. The molecule has 0 amide bonds. The van der Waals surface area contributed by atoms with E-state index in [1.54, 1.807) is 0 Å². The summed E-state index contributed by atoms with van der Waals surface area (Å²) in [6.07, 6.45) is 0. The Morgan fingerprint density at radius 2 is 0.921 bits per heavy atom. The molecule has 4 heterocycles. The number of para-hydroxylation sites is 2. The van der Waals surface area contributed by atoms with E-state index < -0.39 is 0 Å². The third kappa shape index (κ3) is 4.99. The Morgan fingerprint density at radius 3 is 1.60 bits per heavy atom. The van der Waals surface area contributed by atoms with Gasteiger partial charge in [0.05, 0.1) is 10.9 Å². The van der Waals surface area contributed by atoms with Crippen molar-refractivity contribution in [1.29, 1.82) is 0 Å². The van der Waals surface area contributed by atoms with Crippen LogP contribution in [0.2, 0.25) is 0 Å². The Morgan fingerprint density at radius 1 is 0.349 bits per heavy atom. The molecule has 0 aliphatic heterocycles. The van der Waals surface area contributed by atoms with Crippen molar-refractivity contribution < 1.29 is 13.3 Å². The molecular formula is C58H34N2O3. The van der Waals surface area contributed by atoms with Crippen molar-refractivity contribution in [2.75, 3.05) is 4.90 Å². The van der Waals surface area contributed by atoms with Crippen LogP contribution in [0.4, 0.5) is 17.1 Å². The van der Waals surface area contributed by atoms with Gasteiger partial charge in [0.15, 0.2) is 0 Å². The number of nitrogens with zero attached hydrogens (tertiary/aromatic N) is 2. The molecule has 294 valence electrons. The van der Waals surface area contributed by atoms with Crippen LogP contribution in [0.25, 0.3) is 115 Å². The monoisotopic (exact) mass is 806 g/mol. The number of hydrogen-bond acceptors (Lipinski definition) is 4. The third-order valence-electron chi connectivity index (χ3n) is 13.0. The Balaban J connectivity index is 0.991. The lowest BCUT2D eigenvalue weighted by Crippen LogP contribution is -2.10. The summed E-state index contributed by atoms with van der Waals surface area (Å²) in [5.74, 6) is 0. The van der Waals surface area contributed by atoms with Gasteiger partial charge in [0.25, 0.3) is 0 Å². The van der Waals surface area contributed by atoms with Gasteiger partial charge in [-0.1, -0.05) is 121 Å². The van der Waals surface area contributed by atoms with E-state index in [1.807, 2.05) is 6.07 Å². The zero-order chi connectivity index (χ0) is 41.2. The van der Waals surface area contributed by atoms with Gasteiger partial charge in [-0.25, -0.2) is 0 Å². The van der Waals surface area contributed by atoms with Gasteiger partial charge in [0.1, 0.15) is 27.9 Å². The molecule has 4 aromatic heterocycles. The van der Waals surface area contributed by atoms with Gasteiger partial charge in [-0.2, -0.15) is 0 Å². The number of anilines is 3. The Kier molecular flexibility index (Phi) is 7.05. The maximum absolute atomic E-state index is 6.82. The van der Waals surface area contributed by atoms with Crippen LogP contribution in [-0.4, -0.2) is 4.57 Å². The van der Waals surface area contributed by atoms with E-state index in [2.05, 4.69) is 210 Å². The van der Waals surface area contributed by atoms with Gasteiger partial charge in [-0.3, -0.25) is 4.57 Å². The van der Waals surface area contributed by atoms with Crippen molar-refractivity contribution in [3.63, 3.8) is 0 Å². The van der Waals surface area contributed by atoms with Crippen LogP contribution in [0.5, 0.6) is 0 Å². The molecule has 0 spiro atoms. The first-order chi connectivity index (χ1) is 31.2. The van der Waals surface area contributed by atoms with E-state index in [0.717, 1.165) is 132 Å². The van der Waals surface area contributed by atoms with E-state index in [9.17, 15) is 0 Å². The number of aromatic nitrogens is 1. The molecule has 0 saturated carbocycles. The fraction of sp³-hybridized carbons (Fsp3) is 0. The molecule has 14 aromatic rings. The highest BCUT2D eigenvalue weighted by Gasteiger charge is 2.23. The zero-order valence-corrected chi connectivity index (χ0v) is 33.7. The second-order valence-electron chi connectivity index (χ2n) is 16.4. The number of furan rings is 3. The molecule has 0 atom stereocenters. The normalized spacial score (nSPS) is 12.1. The van der Waals surface area contributed by atoms with Crippen LogP contribution in [-0.2, 0) is 0 Å². The predicted octanol–water partition coefficient (Wildman–Crippen LogP) is 16.8. The highest BCUT2D eigenvalue weighted by Crippen LogP contribution is 2.46. The van der Waals surface area contributed by atoms with Crippen LogP contribution >= 0.6 is 0 Å². The largest absolute Gasteiger partial charge is 0.455 e. The molecule has 0 aliphatic carbocycles. The molecule has 10 aromatic carbocycles. The van der Waals surface area contributed by atoms with Crippen molar-refractivity contribution in [2.45, 2.75) is 0 Å². The van der Waals surface area contributed by atoms with Crippen LogP contribution in [0.3, 0.4) is 0 Å². The topological polar surface area (TPSA) is 47.6 Å². The van der Waals surface area contributed by atoms with Crippen LogP contribution in [0, 0.1) is 0 Å². The Bertz CT molecular complexity index is 4010. The molecule has 0 radical (unpaired) electrons. The first-order valence-electron chi connectivity index (χ1n) is 21.3. The van der Waals surface area contributed by atoms with Gasteiger partial charge in [0.2, 0.25) is 5.71 Å². The van der Waals surface area contributed by atoms with Crippen molar-refractivity contribution in [3.8, 4) is 16.8 Å². The summed E-state index contributed by atoms with van der Waals surface area (Å²) in [7, 11) is 0. The van der Waals surface area contributed by atoms with Crippen LogP contribution in [0.15, 0.2) is 220 Å². The second kappa shape index (κ2) is 13.0. The van der Waals surface area contributed by atoms with Gasteiger partial charge in [-0.05, 0) is 94.7 Å². The summed E-state index contributed by atoms with van der Waals surface area (Å²) >= 11 is 0. The Labute approximate surface area is 359 Å². The summed E-state index contributed by atoms with van der Waals surface area (Å²) in [5, 5.41) is 12.2. The summed E-state index contributed by atoms with van der Waals surface area (Å²) < 4.78 is 22.6. The lowest BCUT2D eigenvalue weighted by molar-refractivity contribution is 0.645. The molecular weight excluding hydrogens is 773 g/mol. The minimum atomic E-state index is 0.830. The van der Waals surface area contributed by atoms with Gasteiger partial charge in [0, 0.05) is 78.0 Å². The minimum Gasteiger partial charge on any atom is -0.455 e. The van der Waals surface area contributed by atoms with E-state index in [-0.39, 0.29) is 0 Å². The smallest absolute Gasteiger partial charge is 0.213 e. The summed E-state index contributed by atoms with van der Waals surface area (Å²) in [5.41, 5.74) is 12.4. The fourth-order valence-electron chi connectivity index (χ4n) is 10.1. The molecule has 0 bridgehead atoms. The lowest BCUT2D eigenvalue weighted by atomic mass is 9.98. The van der Waals surface area contributed by atoms with E-state index in [1.165, 1.54) is 0 Å². The van der Waals surface area contributed by atoms with Gasteiger partial charge >= 0.3 is 0 Å². The van der Waals surface area contributed by atoms with E-state index in [0.29, 0.717) is 0 Å². The molecule has 5 nitrogen and oxygen atoms in total. The highest BCUT2D eigenvalue weighted by molar-refractivity contribution is 6.24. The average molecular weight is 807 g/mol. The summed E-state index contributed by atoms with van der Waals surface area (Å²) in [4.78, 5) is 2.31. The van der Waals surface area contributed by atoms with E-state index in [4.69, 9.17) is 13.3 Å². The summed E-state index contributed by atoms with van der Waals surface area (Å²) in [6.45, 7) is 0. The average Bonchev–Trinajstić information content (AvgIpc) is 4.10. The molecule has 0 aliphatic rings. The standard InChI is InChI=1S/C58H34N2O3/c1-2-15-38(16-3-1)60-50-22-9-8-20-49(50)55-54-42(21-11-23-51(54)63-58(55)60)37-14-10-17-39(32-37)59(40-26-30-45-47-28-24-35-12-4-6-18-43(35)56(47)61-52(45)33-40)41-27-31-46-48-29-25-36-13-5-7-19-44(36)57(48)62-53(46)34-41/h1-34H. The number of hydrogen-bond donors (Lipinski definition) is 0. The molecule has 0 N–H and O–H groups in total. The maximum atomic E-state index is 6.82. The van der Waals surface area contributed by atoms with Crippen molar-refractivity contribution >= 4 is 115 Å². The lowest BCUT2D eigenvalue weighted by Gasteiger charge is -2.26. The molecule has 63 heavy (non-hydrogen) atoms. The van der Waals surface area contributed by atoms with Crippen molar-refractivity contribution in [1.82, 2.24) is 4.57 Å². The van der Waals surface area contributed by atoms with Crippen LogP contribution < -0.4 is 4.90 Å². The van der Waals surface area contributed by atoms with E-state index >= 15 is 0 Å². The summed E-state index contributed by atoms with van der Waals surface area (Å²) in [6, 6.07) is 72.9. The molecule has 0 fully saturated rings. The molecule has 14 rings (SSSR count). The molecule has 0 unspecified atom stereocenters. The number of rotatable bonds is 5. The molecule has 0 saturated heterocycles. The minimum absolute atomic E-state index is 0.830. The predicted molar refractivity (Wildman–Crippen MR) is 260 cm³/mol. The molecule has 5 heteroatoms. The second-order valence-corrected chi connectivity index (χ2v) is 16.4.